The fourth-order valence-electron chi connectivity index (χ4n) is 0.949. The molecule has 66 valence electrons. The molecule has 0 saturated carbocycles. The molecular weight excluding hydrogens is 174 g/mol. The van der Waals surface area contributed by atoms with E-state index in [-0.39, 0.29) is 12.3 Å². The quantitative estimate of drug-likeness (QED) is 0.783. The van der Waals surface area contributed by atoms with Gasteiger partial charge in [0, 0.05) is 17.0 Å². The van der Waals surface area contributed by atoms with Crippen molar-refractivity contribution < 1.29 is 9.90 Å². The van der Waals surface area contributed by atoms with Gasteiger partial charge in [-0.25, -0.2) is 4.98 Å². The SMILES string of the molecule is Cc1cnc(C(C)CC(=O)O)s1. The Labute approximate surface area is 75.1 Å². The summed E-state index contributed by atoms with van der Waals surface area (Å²) < 4.78 is 0. The number of aliphatic carboxylic acids is 1. The van der Waals surface area contributed by atoms with Crippen LogP contribution in [0.15, 0.2) is 6.20 Å². The lowest BCUT2D eigenvalue weighted by Gasteiger charge is -2.02. The second kappa shape index (κ2) is 3.67. The first kappa shape index (κ1) is 9.19. The lowest BCUT2D eigenvalue weighted by Crippen LogP contribution is -2.01. The summed E-state index contributed by atoms with van der Waals surface area (Å²) in [4.78, 5) is 15.6. The Kier molecular flexibility index (Phi) is 2.81. The van der Waals surface area contributed by atoms with Crippen molar-refractivity contribution in [2.75, 3.05) is 0 Å². The number of carbonyl (C=O) groups is 1. The predicted molar refractivity (Wildman–Crippen MR) is 47.5 cm³/mol. The Hall–Kier alpha value is -0.900. The van der Waals surface area contributed by atoms with E-state index in [2.05, 4.69) is 4.98 Å². The minimum atomic E-state index is -0.768. The fraction of sp³-hybridized carbons (Fsp3) is 0.500. The molecule has 0 spiro atoms. The molecule has 1 aromatic heterocycles. The van der Waals surface area contributed by atoms with Crippen molar-refractivity contribution in [1.82, 2.24) is 4.98 Å². The minimum Gasteiger partial charge on any atom is -0.481 e. The van der Waals surface area contributed by atoms with Crippen molar-refractivity contribution in [2.24, 2.45) is 0 Å². The van der Waals surface area contributed by atoms with Gasteiger partial charge in [-0.05, 0) is 6.92 Å². The number of hydrogen-bond acceptors (Lipinski definition) is 3. The van der Waals surface area contributed by atoms with E-state index >= 15 is 0 Å². The van der Waals surface area contributed by atoms with E-state index in [1.807, 2.05) is 13.8 Å². The van der Waals surface area contributed by atoms with Gasteiger partial charge in [-0.3, -0.25) is 4.79 Å². The van der Waals surface area contributed by atoms with E-state index in [0.29, 0.717) is 0 Å². The molecule has 0 radical (unpaired) electrons. The van der Waals surface area contributed by atoms with Crippen molar-refractivity contribution in [3.05, 3.63) is 16.1 Å². The molecule has 1 atom stereocenters. The standard InChI is InChI=1S/C8H11NO2S/c1-5(3-7(10)11)8-9-4-6(2)12-8/h4-5H,3H2,1-2H3,(H,10,11). The molecule has 4 heteroatoms. The molecule has 3 nitrogen and oxygen atoms in total. The molecular formula is C8H11NO2S. The second-order valence-corrected chi connectivity index (χ2v) is 4.07. The molecule has 0 aliphatic carbocycles. The number of hydrogen-bond donors (Lipinski definition) is 1. The number of nitrogens with zero attached hydrogens (tertiary/aromatic N) is 1. The van der Waals surface area contributed by atoms with Crippen LogP contribution in [0, 0.1) is 6.92 Å². The maximum absolute atomic E-state index is 10.4. The Morgan fingerprint density at radius 2 is 2.50 bits per heavy atom. The first-order valence-electron chi connectivity index (χ1n) is 3.73. The van der Waals surface area contributed by atoms with Gasteiger partial charge in [0.2, 0.25) is 0 Å². The van der Waals surface area contributed by atoms with Gasteiger partial charge in [-0.2, -0.15) is 0 Å². The van der Waals surface area contributed by atoms with Gasteiger partial charge in [0.15, 0.2) is 0 Å². The molecule has 0 amide bonds. The summed E-state index contributed by atoms with van der Waals surface area (Å²) in [6.07, 6.45) is 1.94. The van der Waals surface area contributed by atoms with E-state index in [1.165, 1.54) is 0 Å². The van der Waals surface area contributed by atoms with Crippen molar-refractivity contribution in [3.8, 4) is 0 Å². The third kappa shape index (κ3) is 2.30. The number of carboxylic acids is 1. The molecule has 0 aliphatic heterocycles. The maximum Gasteiger partial charge on any atom is 0.304 e. The average Bonchev–Trinajstić information content (AvgIpc) is 2.34. The molecule has 1 aromatic rings. The van der Waals surface area contributed by atoms with Crippen molar-refractivity contribution in [2.45, 2.75) is 26.2 Å². The minimum absolute atomic E-state index is 0.0289. The van der Waals surface area contributed by atoms with Crippen LogP contribution in [0.2, 0.25) is 0 Å². The Morgan fingerprint density at radius 3 is 2.92 bits per heavy atom. The van der Waals surface area contributed by atoms with E-state index in [0.717, 1.165) is 9.88 Å². The fourth-order valence-corrected chi connectivity index (χ4v) is 1.77. The molecule has 1 rings (SSSR count). The van der Waals surface area contributed by atoms with E-state index in [4.69, 9.17) is 5.11 Å². The van der Waals surface area contributed by atoms with Gasteiger partial charge in [0.05, 0.1) is 11.4 Å². The van der Waals surface area contributed by atoms with E-state index in [9.17, 15) is 4.79 Å². The molecule has 1 unspecified atom stereocenters. The van der Waals surface area contributed by atoms with Gasteiger partial charge in [0.1, 0.15) is 0 Å². The van der Waals surface area contributed by atoms with Gasteiger partial charge in [0.25, 0.3) is 0 Å². The molecule has 1 heterocycles. The number of aromatic nitrogens is 1. The molecule has 0 fully saturated rings. The van der Waals surface area contributed by atoms with Crippen LogP contribution in [0.1, 0.15) is 29.1 Å². The highest BCUT2D eigenvalue weighted by molar-refractivity contribution is 7.11. The molecule has 1 N–H and O–H groups in total. The van der Waals surface area contributed by atoms with Crippen LogP contribution in [0.25, 0.3) is 0 Å². The summed E-state index contributed by atoms with van der Waals surface area (Å²) in [7, 11) is 0. The molecule has 0 bridgehead atoms. The Morgan fingerprint density at radius 1 is 1.83 bits per heavy atom. The zero-order valence-corrected chi connectivity index (χ0v) is 7.89. The highest BCUT2D eigenvalue weighted by Gasteiger charge is 2.12. The average molecular weight is 185 g/mol. The summed E-state index contributed by atoms with van der Waals surface area (Å²) in [6.45, 7) is 3.85. The molecule has 12 heavy (non-hydrogen) atoms. The van der Waals surface area contributed by atoms with Crippen molar-refractivity contribution >= 4 is 17.3 Å². The topological polar surface area (TPSA) is 50.2 Å². The largest absolute Gasteiger partial charge is 0.481 e. The van der Waals surface area contributed by atoms with E-state index < -0.39 is 5.97 Å². The first-order valence-corrected chi connectivity index (χ1v) is 4.55. The van der Waals surface area contributed by atoms with Gasteiger partial charge >= 0.3 is 5.97 Å². The second-order valence-electron chi connectivity index (χ2n) is 2.81. The third-order valence-corrected chi connectivity index (χ3v) is 2.69. The smallest absolute Gasteiger partial charge is 0.304 e. The van der Waals surface area contributed by atoms with Gasteiger partial charge in [-0.15, -0.1) is 11.3 Å². The number of rotatable bonds is 3. The van der Waals surface area contributed by atoms with Gasteiger partial charge < -0.3 is 5.11 Å². The number of carboxylic acid groups (broad SMARTS) is 1. The Bertz CT molecular complexity index is 282. The maximum atomic E-state index is 10.4. The zero-order valence-electron chi connectivity index (χ0n) is 7.07. The van der Waals surface area contributed by atoms with Crippen LogP contribution >= 0.6 is 11.3 Å². The van der Waals surface area contributed by atoms with Crippen LogP contribution in [0.5, 0.6) is 0 Å². The summed E-state index contributed by atoms with van der Waals surface area (Å²) >= 11 is 1.56. The lowest BCUT2D eigenvalue weighted by molar-refractivity contribution is -0.137. The summed E-state index contributed by atoms with van der Waals surface area (Å²) in [5.74, 6) is -0.739. The van der Waals surface area contributed by atoms with Crippen LogP contribution in [0.4, 0.5) is 0 Å². The third-order valence-electron chi connectivity index (χ3n) is 1.54. The Balaban J connectivity index is 2.64. The van der Waals surface area contributed by atoms with Crippen LogP contribution < -0.4 is 0 Å². The summed E-state index contributed by atoms with van der Waals surface area (Å²) in [5.41, 5.74) is 0. The zero-order chi connectivity index (χ0) is 9.14. The first-order chi connectivity index (χ1) is 5.59. The van der Waals surface area contributed by atoms with Crippen molar-refractivity contribution in [3.63, 3.8) is 0 Å². The van der Waals surface area contributed by atoms with Crippen LogP contribution in [-0.4, -0.2) is 16.1 Å². The molecule has 0 aliphatic rings. The van der Waals surface area contributed by atoms with Crippen LogP contribution in [-0.2, 0) is 4.79 Å². The van der Waals surface area contributed by atoms with Crippen LogP contribution in [0.3, 0.4) is 0 Å². The number of thiazole rings is 1. The normalized spacial score (nSPS) is 12.8. The van der Waals surface area contributed by atoms with E-state index in [1.54, 1.807) is 17.5 Å². The molecule has 0 saturated heterocycles. The highest BCUT2D eigenvalue weighted by atomic mass is 32.1. The monoisotopic (exact) mass is 185 g/mol. The lowest BCUT2D eigenvalue weighted by atomic mass is 10.1. The molecule has 0 aromatic carbocycles. The van der Waals surface area contributed by atoms with Gasteiger partial charge in [-0.1, -0.05) is 6.92 Å². The highest BCUT2D eigenvalue weighted by Crippen LogP contribution is 2.23. The summed E-state index contributed by atoms with van der Waals surface area (Å²) in [6, 6.07) is 0. The predicted octanol–water partition coefficient (Wildman–Crippen LogP) is 2.03. The summed E-state index contributed by atoms with van der Waals surface area (Å²) in [5, 5.41) is 9.44. The number of aryl methyl sites for hydroxylation is 1. The van der Waals surface area contributed by atoms with Crippen molar-refractivity contribution in [1.29, 1.82) is 0 Å².